The van der Waals surface area contributed by atoms with Crippen LogP contribution in [-0.4, -0.2) is 29.8 Å². The molecule has 0 aliphatic heterocycles. The molecule has 0 fully saturated rings. The quantitative estimate of drug-likeness (QED) is 0.807. The lowest BCUT2D eigenvalue weighted by Crippen LogP contribution is -2.34. The molecule has 0 amide bonds. The summed E-state index contributed by atoms with van der Waals surface area (Å²) in [5.74, 6) is 0.622. The molecule has 0 saturated carbocycles. The second kappa shape index (κ2) is 7.62. The molecule has 1 heterocycles. The normalized spacial score (nSPS) is 12.1. The van der Waals surface area contributed by atoms with E-state index in [9.17, 15) is 5.11 Å². The number of aliphatic hydroxyl groups is 1. The largest absolute Gasteiger partial charge is 0.481 e. The van der Waals surface area contributed by atoms with Gasteiger partial charge < -0.3 is 15.2 Å². The number of aromatic nitrogens is 1. The van der Waals surface area contributed by atoms with Crippen LogP contribution in [0.25, 0.3) is 0 Å². The summed E-state index contributed by atoms with van der Waals surface area (Å²) in [5.41, 5.74) is 2.19. The summed E-state index contributed by atoms with van der Waals surface area (Å²) in [6, 6.07) is 14.0. The number of pyridine rings is 1. The highest BCUT2D eigenvalue weighted by molar-refractivity contribution is 5.25. The Kier molecular flexibility index (Phi) is 5.53. The van der Waals surface area contributed by atoms with Gasteiger partial charge in [0.2, 0.25) is 5.88 Å². The van der Waals surface area contributed by atoms with Crippen molar-refractivity contribution in [2.45, 2.75) is 19.0 Å². The van der Waals surface area contributed by atoms with Gasteiger partial charge in [-0.2, -0.15) is 0 Å². The van der Waals surface area contributed by atoms with E-state index in [0.29, 0.717) is 12.4 Å². The zero-order valence-electron chi connectivity index (χ0n) is 11.6. The molecule has 1 unspecified atom stereocenters. The van der Waals surface area contributed by atoms with Crippen LogP contribution in [0, 0.1) is 0 Å². The van der Waals surface area contributed by atoms with Crippen LogP contribution in [0.3, 0.4) is 0 Å². The molecule has 0 radical (unpaired) electrons. The van der Waals surface area contributed by atoms with Gasteiger partial charge in [0.15, 0.2) is 0 Å². The molecule has 0 aliphatic carbocycles. The molecule has 1 aromatic heterocycles. The average Bonchev–Trinajstić information content (AvgIpc) is 2.52. The lowest BCUT2D eigenvalue weighted by Gasteiger charge is -2.17. The SMILES string of the molecule is COc1ncccc1CNC(CO)Cc1ccccc1. The Labute approximate surface area is 119 Å². The van der Waals surface area contributed by atoms with Crippen molar-refractivity contribution in [2.24, 2.45) is 0 Å². The molecule has 1 atom stereocenters. The lowest BCUT2D eigenvalue weighted by atomic mass is 10.1. The predicted octanol–water partition coefficient (Wildman–Crippen LogP) is 1.78. The lowest BCUT2D eigenvalue weighted by molar-refractivity contribution is 0.240. The number of benzene rings is 1. The zero-order valence-corrected chi connectivity index (χ0v) is 11.6. The Morgan fingerprint density at radius 3 is 2.70 bits per heavy atom. The monoisotopic (exact) mass is 272 g/mol. The van der Waals surface area contributed by atoms with E-state index >= 15 is 0 Å². The summed E-state index contributed by atoms with van der Waals surface area (Å²) in [7, 11) is 1.61. The Balaban J connectivity index is 1.94. The van der Waals surface area contributed by atoms with Crippen LogP contribution in [0.5, 0.6) is 5.88 Å². The molecule has 106 valence electrons. The summed E-state index contributed by atoms with van der Waals surface area (Å²) in [6.45, 7) is 0.715. The van der Waals surface area contributed by atoms with E-state index in [0.717, 1.165) is 12.0 Å². The van der Waals surface area contributed by atoms with Crippen molar-refractivity contribution in [3.63, 3.8) is 0 Å². The summed E-state index contributed by atoms with van der Waals surface area (Å²) in [5, 5.41) is 12.8. The van der Waals surface area contributed by atoms with Crippen molar-refractivity contribution in [1.82, 2.24) is 10.3 Å². The zero-order chi connectivity index (χ0) is 14.2. The van der Waals surface area contributed by atoms with Crippen LogP contribution in [0.15, 0.2) is 48.7 Å². The molecule has 2 rings (SSSR count). The first-order valence-corrected chi connectivity index (χ1v) is 6.69. The minimum atomic E-state index is 0.0160. The van der Waals surface area contributed by atoms with Gasteiger partial charge in [0.25, 0.3) is 0 Å². The van der Waals surface area contributed by atoms with E-state index in [2.05, 4.69) is 22.4 Å². The average molecular weight is 272 g/mol. The van der Waals surface area contributed by atoms with Gasteiger partial charge in [-0.3, -0.25) is 0 Å². The van der Waals surface area contributed by atoms with Crippen LogP contribution in [0.4, 0.5) is 0 Å². The molecule has 0 bridgehead atoms. The molecule has 1 aromatic carbocycles. The number of nitrogens with zero attached hydrogens (tertiary/aromatic N) is 1. The highest BCUT2D eigenvalue weighted by Crippen LogP contribution is 2.13. The van der Waals surface area contributed by atoms with Crippen LogP contribution in [-0.2, 0) is 13.0 Å². The first-order chi connectivity index (χ1) is 9.83. The number of aliphatic hydroxyl groups excluding tert-OH is 1. The van der Waals surface area contributed by atoms with Crippen molar-refractivity contribution in [3.05, 3.63) is 59.8 Å². The van der Waals surface area contributed by atoms with E-state index in [1.165, 1.54) is 5.56 Å². The number of hydrogen-bond donors (Lipinski definition) is 2. The maximum Gasteiger partial charge on any atom is 0.217 e. The number of rotatable bonds is 7. The van der Waals surface area contributed by atoms with Gasteiger partial charge in [-0.05, 0) is 18.1 Å². The molecule has 20 heavy (non-hydrogen) atoms. The van der Waals surface area contributed by atoms with Crippen molar-refractivity contribution in [3.8, 4) is 5.88 Å². The summed E-state index contributed by atoms with van der Waals surface area (Å²) < 4.78 is 5.22. The minimum Gasteiger partial charge on any atom is -0.481 e. The predicted molar refractivity (Wildman–Crippen MR) is 78.6 cm³/mol. The smallest absolute Gasteiger partial charge is 0.217 e. The fourth-order valence-corrected chi connectivity index (χ4v) is 2.10. The van der Waals surface area contributed by atoms with Gasteiger partial charge in [0.1, 0.15) is 0 Å². The van der Waals surface area contributed by atoms with Gasteiger partial charge in [0.05, 0.1) is 13.7 Å². The molecular formula is C16H20N2O2. The number of methoxy groups -OCH3 is 1. The summed E-state index contributed by atoms with van der Waals surface area (Å²) >= 11 is 0. The fraction of sp³-hybridized carbons (Fsp3) is 0.312. The van der Waals surface area contributed by atoms with Gasteiger partial charge in [-0.15, -0.1) is 0 Å². The molecule has 4 heteroatoms. The maximum atomic E-state index is 9.48. The van der Waals surface area contributed by atoms with E-state index in [4.69, 9.17) is 4.74 Å². The molecule has 0 aliphatic rings. The van der Waals surface area contributed by atoms with Gasteiger partial charge >= 0.3 is 0 Å². The van der Waals surface area contributed by atoms with E-state index in [-0.39, 0.29) is 12.6 Å². The number of hydrogen-bond acceptors (Lipinski definition) is 4. The van der Waals surface area contributed by atoms with Crippen LogP contribution in [0.2, 0.25) is 0 Å². The standard InChI is InChI=1S/C16H20N2O2/c1-20-16-14(8-5-9-17-16)11-18-15(12-19)10-13-6-3-2-4-7-13/h2-9,15,18-19H,10-12H2,1H3. The Morgan fingerprint density at radius 2 is 2.00 bits per heavy atom. The van der Waals surface area contributed by atoms with Gasteiger partial charge in [-0.1, -0.05) is 36.4 Å². The second-order valence-electron chi connectivity index (χ2n) is 4.62. The molecule has 2 aromatic rings. The van der Waals surface area contributed by atoms with Crippen molar-refractivity contribution in [1.29, 1.82) is 0 Å². The van der Waals surface area contributed by atoms with Crippen LogP contribution in [0.1, 0.15) is 11.1 Å². The Morgan fingerprint density at radius 1 is 1.20 bits per heavy atom. The van der Waals surface area contributed by atoms with Crippen molar-refractivity contribution in [2.75, 3.05) is 13.7 Å². The van der Waals surface area contributed by atoms with Crippen LogP contribution < -0.4 is 10.1 Å². The van der Waals surface area contributed by atoms with E-state index < -0.39 is 0 Å². The van der Waals surface area contributed by atoms with Crippen LogP contribution >= 0.6 is 0 Å². The third kappa shape index (κ3) is 4.05. The topological polar surface area (TPSA) is 54.4 Å². The van der Waals surface area contributed by atoms with E-state index in [1.807, 2.05) is 30.3 Å². The summed E-state index contributed by atoms with van der Waals surface area (Å²) in [4.78, 5) is 4.16. The second-order valence-corrected chi connectivity index (χ2v) is 4.62. The Hall–Kier alpha value is -1.91. The molecular weight excluding hydrogens is 252 g/mol. The molecule has 2 N–H and O–H groups in total. The van der Waals surface area contributed by atoms with E-state index in [1.54, 1.807) is 13.3 Å². The highest BCUT2D eigenvalue weighted by atomic mass is 16.5. The van der Waals surface area contributed by atoms with Crippen molar-refractivity contribution < 1.29 is 9.84 Å². The maximum absolute atomic E-state index is 9.48. The fourth-order valence-electron chi connectivity index (χ4n) is 2.10. The third-order valence-corrected chi connectivity index (χ3v) is 3.17. The molecule has 0 saturated heterocycles. The number of nitrogens with one attached hydrogen (secondary N) is 1. The first kappa shape index (κ1) is 14.5. The number of ether oxygens (including phenoxy) is 1. The highest BCUT2D eigenvalue weighted by Gasteiger charge is 2.10. The van der Waals surface area contributed by atoms with Crippen molar-refractivity contribution >= 4 is 0 Å². The van der Waals surface area contributed by atoms with Gasteiger partial charge in [0, 0.05) is 24.3 Å². The molecule has 4 nitrogen and oxygen atoms in total. The summed E-state index contributed by atoms with van der Waals surface area (Å²) in [6.07, 6.45) is 2.50. The van der Waals surface area contributed by atoms with Gasteiger partial charge in [-0.25, -0.2) is 4.98 Å². The Bertz CT molecular complexity index is 517. The minimum absolute atomic E-state index is 0.0160. The molecule has 0 spiro atoms. The third-order valence-electron chi connectivity index (χ3n) is 3.17. The first-order valence-electron chi connectivity index (χ1n) is 6.69.